The molecule has 0 N–H and O–H groups in total. The highest BCUT2D eigenvalue weighted by Gasteiger charge is 2.30. The largest absolute Gasteiger partial charge is 0.455 e. The van der Waals surface area contributed by atoms with E-state index in [-0.39, 0.29) is 10.8 Å². The number of rotatable bonds is 8. The van der Waals surface area contributed by atoms with Crippen LogP contribution in [0, 0.1) is 0 Å². The van der Waals surface area contributed by atoms with Crippen molar-refractivity contribution in [3.8, 4) is 22.3 Å². The van der Waals surface area contributed by atoms with Crippen LogP contribution in [0.25, 0.3) is 110 Å². The van der Waals surface area contributed by atoms with Crippen molar-refractivity contribution in [2.24, 2.45) is 0 Å². The summed E-state index contributed by atoms with van der Waals surface area (Å²) in [5, 5.41) is 10.5. The Kier molecular flexibility index (Phi) is 11.0. The lowest BCUT2D eigenvalue weighted by atomic mass is 9.86. The van der Waals surface area contributed by atoms with E-state index in [1.165, 1.54) is 11.1 Å². The molecule has 0 aliphatic carbocycles. The maximum absolute atomic E-state index is 7.36. The third kappa shape index (κ3) is 7.82. The number of para-hydroxylation sites is 4. The fourth-order valence-corrected chi connectivity index (χ4v) is 12.6. The van der Waals surface area contributed by atoms with Crippen LogP contribution in [0.1, 0.15) is 52.7 Å². The quantitative estimate of drug-likeness (QED) is 0.152. The summed E-state index contributed by atoms with van der Waals surface area (Å²) in [6.45, 7) is 13.5. The topological polar surface area (TPSA) is 45.9 Å². The van der Waals surface area contributed by atoms with Crippen molar-refractivity contribution in [1.82, 2.24) is 0 Å². The zero-order valence-electron chi connectivity index (χ0n) is 46.2. The van der Waals surface area contributed by atoms with E-state index >= 15 is 0 Å². The number of anilines is 6. The van der Waals surface area contributed by atoms with Gasteiger partial charge in [0.1, 0.15) is 22.3 Å². The van der Waals surface area contributed by atoms with Crippen molar-refractivity contribution in [2.75, 3.05) is 9.80 Å². The lowest BCUT2D eigenvalue weighted by Gasteiger charge is -2.28. The van der Waals surface area contributed by atoms with Crippen LogP contribution < -0.4 is 9.80 Å². The normalized spacial score (nSPS) is 12.3. The minimum absolute atomic E-state index is 0.140. The van der Waals surface area contributed by atoms with E-state index in [0.717, 1.165) is 144 Å². The molecule has 3 heterocycles. The molecule has 0 aliphatic heterocycles. The highest BCUT2D eigenvalue weighted by molar-refractivity contribution is 6.26. The molecule has 0 bridgehead atoms. The highest BCUT2D eigenvalue weighted by Crippen LogP contribution is 2.52. The predicted octanol–water partition coefficient (Wildman–Crippen LogP) is 22.6. The second-order valence-electron chi connectivity index (χ2n) is 23.6. The Morgan fingerprint density at radius 3 is 0.951 bits per heavy atom. The number of hydrogen-bond donors (Lipinski definition) is 0. The smallest absolute Gasteiger partial charge is 0.159 e. The molecule has 0 saturated heterocycles. The van der Waals surface area contributed by atoms with E-state index in [1.807, 2.05) is 0 Å². The van der Waals surface area contributed by atoms with Gasteiger partial charge >= 0.3 is 0 Å². The van der Waals surface area contributed by atoms with Crippen molar-refractivity contribution in [3.05, 3.63) is 254 Å². The molecule has 5 nitrogen and oxygen atoms in total. The molecule has 3 aromatic heterocycles. The first kappa shape index (κ1) is 48.3. The summed E-state index contributed by atoms with van der Waals surface area (Å²) >= 11 is 0. The maximum Gasteiger partial charge on any atom is 0.159 e. The second kappa shape index (κ2) is 18.4. The Bertz CT molecular complexity index is 4660. The molecule has 5 heteroatoms. The average Bonchev–Trinajstić information content (AvgIpc) is 3.99. The Morgan fingerprint density at radius 1 is 0.235 bits per heavy atom. The van der Waals surface area contributed by atoms with E-state index in [1.54, 1.807) is 0 Å². The van der Waals surface area contributed by atoms with Crippen molar-refractivity contribution >= 4 is 121 Å². The van der Waals surface area contributed by atoms with Gasteiger partial charge in [-0.25, -0.2) is 0 Å². The summed E-state index contributed by atoms with van der Waals surface area (Å²) in [6, 6.07) is 87.4. The predicted molar refractivity (Wildman–Crippen MR) is 341 cm³/mol. The van der Waals surface area contributed by atoms with Gasteiger partial charge in [0.2, 0.25) is 0 Å². The van der Waals surface area contributed by atoms with Gasteiger partial charge in [0.15, 0.2) is 11.2 Å². The summed E-state index contributed by atoms with van der Waals surface area (Å²) in [5.41, 5.74) is 17.6. The van der Waals surface area contributed by atoms with E-state index in [0.29, 0.717) is 0 Å². The molecule has 81 heavy (non-hydrogen) atoms. The van der Waals surface area contributed by atoms with Gasteiger partial charge in [-0.2, -0.15) is 0 Å². The number of fused-ring (bicyclic) bond motifs is 13. The molecule has 0 saturated carbocycles. The third-order valence-corrected chi connectivity index (χ3v) is 16.5. The van der Waals surface area contributed by atoms with Crippen LogP contribution in [0.15, 0.2) is 256 Å². The summed E-state index contributed by atoms with van der Waals surface area (Å²) in [4.78, 5) is 4.82. The van der Waals surface area contributed by atoms with Crippen molar-refractivity contribution in [2.45, 2.75) is 52.4 Å². The van der Waals surface area contributed by atoms with E-state index < -0.39 is 0 Å². The van der Waals surface area contributed by atoms with Crippen LogP contribution >= 0.6 is 0 Å². The van der Waals surface area contributed by atoms with Gasteiger partial charge in [-0.3, -0.25) is 0 Å². The summed E-state index contributed by atoms with van der Waals surface area (Å²) < 4.78 is 21.9. The van der Waals surface area contributed by atoms with Gasteiger partial charge < -0.3 is 23.1 Å². The number of nitrogens with zero attached hydrogens (tertiary/aromatic N) is 2. The molecular formula is C76H58N2O3. The molecule has 0 radical (unpaired) electrons. The van der Waals surface area contributed by atoms with Crippen LogP contribution in [-0.2, 0) is 10.8 Å². The molecule has 12 aromatic carbocycles. The van der Waals surface area contributed by atoms with Crippen LogP contribution in [0.2, 0.25) is 0 Å². The molecule has 0 fully saturated rings. The monoisotopic (exact) mass is 1050 g/mol. The molecule has 0 aliphatic rings. The lowest BCUT2D eigenvalue weighted by molar-refractivity contribution is 0.572. The van der Waals surface area contributed by atoms with E-state index in [9.17, 15) is 0 Å². The van der Waals surface area contributed by atoms with E-state index in [4.69, 9.17) is 13.3 Å². The Morgan fingerprint density at radius 2 is 0.543 bits per heavy atom. The minimum Gasteiger partial charge on any atom is -0.455 e. The van der Waals surface area contributed by atoms with Crippen molar-refractivity contribution < 1.29 is 13.3 Å². The third-order valence-electron chi connectivity index (χ3n) is 16.5. The zero-order chi connectivity index (χ0) is 54.7. The Balaban J connectivity index is 1.04. The molecule has 0 spiro atoms. The second-order valence-corrected chi connectivity index (χ2v) is 23.6. The number of hydrogen-bond acceptors (Lipinski definition) is 5. The molecule has 15 rings (SSSR count). The summed E-state index contributed by atoms with van der Waals surface area (Å²) in [6.07, 6.45) is 0. The van der Waals surface area contributed by atoms with E-state index in [2.05, 4.69) is 294 Å². The zero-order valence-corrected chi connectivity index (χ0v) is 46.2. The number of furan rings is 3. The Labute approximate surface area is 470 Å². The van der Waals surface area contributed by atoms with Crippen molar-refractivity contribution in [1.29, 1.82) is 0 Å². The van der Waals surface area contributed by atoms with Crippen LogP contribution in [-0.4, -0.2) is 0 Å². The van der Waals surface area contributed by atoms with Crippen molar-refractivity contribution in [3.63, 3.8) is 0 Å². The molecular weight excluding hydrogens is 989 g/mol. The highest BCUT2D eigenvalue weighted by atomic mass is 16.3. The van der Waals surface area contributed by atoms with Gasteiger partial charge in [-0.05, 0) is 81.6 Å². The SMILES string of the molecule is CC(C)(C)c1cccc2c1oc1c(N(c3cccc(-c4ccccc4)c3)c3cc4c5cc(N(c6cccc(-c7ccccc7)c6)c6cccc7c6oc6c(C(C)(C)C)cccc67)c6ccccc6c5oc4c4ccccc34)cccc12. The first-order chi connectivity index (χ1) is 39.5. The van der Waals surface area contributed by atoms with Crippen LogP contribution in [0.4, 0.5) is 34.1 Å². The molecule has 0 unspecified atom stereocenters. The molecule has 390 valence electrons. The standard InChI is InChI=1S/C76H58N2O3/c1-75(2,3)63-39-19-35-57-59-37-21-41-65(73(59)80-71(57)63)77(51-29-17-27-49(43-51)47-23-9-7-10-24-47)67-45-61-62-46-68(54-32-14-16-34-56(54)70(62)79-69(61)55-33-15-13-31-53(55)67)78(52-30-18-28-50(44-52)48-25-11-8-12-26-48)66-42-22-38-60-58-36-20-40-64(76(4,5)6)72(58)81-74(60)66/h7-46H,1-6H3. The van der Waals surface area contributed by atoms with Gasteiger partial charge in [0.05, 0.1) is 22.7 Å². The minimum atomic E-state index is -0.140. The van der Waals surface area contributed by atoms with Crippen LogP contribution in [0.5, 0.6) is 0 Å². The van der Waals surface area contributed by atoms with Gasteiger partial charge in [0.25, 0.3) is 0 Å². The molecule has 15 aromatic rings. The number of benzene rings is 12. The molecule has 0 amide bonds. The first-order valence-corrected chi connectivity index (χ1v) is 28.1. The Hall–Kier alpha value is -9.84. The van der Waals surface area contributed by atoms with Gasteiger partial charge in [-0.15, -0.1) is 0 Å². The summed E-state index contributed by atoms with van der Waals surface area (Å²) in [5.74, 6) is 0. The average molecular weight is 1050 g/mol. The lowest BCUT2D eigenvalue weighted by Crippen LogP contribution is -2.11. The fraction of sp³-hybridized carbons (Fsp3) is 0.105. The molecule has 0 atom stereocenters. The first-order valence-electron chi connectivity index (χ1n) is 28.1. The van der Waals surface area contributed by atoms with Gasteiger partial charge in [-0.1, -0.05) is 236 Å². The summed E-state index contributed by atoms with van der Waals surface area (Å²) in [7, 11) is 0. The van der Waals surface area contributed by atoms with Gasteiger partial charge in [0, 0.05) is 76.4 Å². The maximum atomic E-state index is 7.36. The fourth-order valence-electron chi connectivity index (χ4n) is 12.6. The van der Waals surface area contributed by atoms with Crippen LogP contribution in [0.3, 0.4) is 0 Å².